The van der Waals surface area contributed by atoms with Crippen LogP contribution in [0.5, 0.6) is 0 Å². The van der Waals surface area contributed by atoms with Crippen LogP contribution in [0.15, 0.2) is 41.3 Å². The lowest BCUT2D eigenvalue weighted by Crippen LogP contribution is -1.91. The van der Waals surface area contributed by atoms with Crippen molar-refractivity contribution in [1.29, 1.82) is 0 Å². The van der Waals surface area contributed by atoms with Crippen molar-refractivity contribution in [1.82, 2.24) is 15.0 Å². The van der Waals surface area contributed by atoms with Gasteiger partial charge in [-0.05, 0) is 18.2 Å². The van der Waals surface area contributed by atoms with Gasteiger partial charge in [0.2, 0.25) is 0 Å². The molecular formula is C12H11N3O. The first kappa shape index (κ1) is 9.15. The summed E-state index contributed by atoms with van der Waals surface area (Å²) in [5.74, 6) is 1.96. The summed E-state index contributed by atoms with van der Waals surface area (Å²) in [6.07, 6.45) is 6.94. The van der Waals surface area contributed by atoms with Crippen molar-refractivity contribution in [3.05, 3.63) is 48.4 Å². The van der Waals surface area contributed by atoms with Crippen LogP contribution in [0, 0.1) is 0 Å². The average Bonchev–Trinajstić information content (AvgIpc) is 2.95. The molecular weight excluding hydrogens is 202 g/mol. The highest BCUT2D eigenvalue weighted by Crippen LogP contribution is 2.11. The summed E-state index contributed by atoms with van der Waals surface area (Å²) in [5, 5.41) is 0. The Hall–Kier alpha value is -2.10. The molecule has 4 nitrogen and oxygen atoms in total. The van der Waals surface area contributed by atoms with Crippen LogP contribution < -0.4 is 0 Å². The molecule has 0 unspecified atom stereocenters. The topological polar surface area (TPSA) is 54.7 Å². The Bertz CT molecular complexity index is 550. The third-order valence-corrected chi connectivity index (χ3v) is 2.52. The SMILES string of the molecule is c1coc(CCc2nc3ccncc3[nH]2)c1. The van der Waals surface area contributed by atoms with E-state index in [1.807, 2.05) is 18.2 Å². The Morgan fingerprint density at radius 3 is 3.06 bits per heavy atom. The molecule has 3 aromatic heterocycles. The van der Waals surface area contributed by atoms with Crippen LogP contribution in [0.1, 0.15) is 11.6 Å². The maximum atomic E-state index is 5.28. The molecule has 0 fully saturated rings. The molecule has 16 heavy (non-hydrogen) atoms. The van der Waals surface area contributed by atoms with Gasteiger partial charge in [-0.1, -0.05) is 0 Å². The third-order valence-electron chi connectivity index (χ3n) is 2.52. The lowest BCUT2D eigenvalue weighted by Gasteiger charge is -1.93. The van der Waals surface area contributed by atoms with Gasteiger partial charge in [0.1, 0.15) is 11.6 Å². The molecule has 0 saturated carbocycles. The lowest BCUT2D eigenvalue weighted by molar-refractivity contribution is 0.507. The molecule has 3 aromatic rings. The number of pyridine rings is 1. The lowest BCUT2D eigenvalue weighted by atomic mass is 10.2. The number of aromatic nitrogens is 3. The van der Waals surface area contributed by atoms with E-state index >= 15 is 0 Å². The van der Waals surface area contributed by atoms with E-state index in [0.29, 0.717) is 0 Å². The van der Waals surface area contributed by atoms with Gasteiger partial charge in [-0.15, -0.1) is 0 Å². The normalized spacial score (nSPS) is 11.0. The van der Waals surface area contributed by atoms with Crippen molar-refractivity contribution >= 4 is 11.0 Å². The van der Waals surface area contributed by atoms with E-state index in [4.69, 9.17) is 4.42 Å². The van der Waals surface area contributed by atoms with Crippen molar-refractivity contribution in [2.45, 2.75) is 12.8 Å². The standard InChI is InChI=1S/C12H11N3O/c1-2-9(16-7-1)3-4-12-14-10-5-6-13-8-11(10)15-12/h1-2,5-8H,3-4H2,(H,14,15). The Labute approximate surface area is 92.3 Å². The number of hydrogen-bond donors (Lipinski definition) is 1. The van der Waals surface area contributed by atoms with E-state index in [1.54, 1.807) is 18.7 Å². The van der Waals surface area contributed by atoms with Gasteiger partial charge in [0.15, 0.2) is 0 Å². The number of aromatic amines is 1. The van der Waals surface area contributed by atoms with E-state index in [9.17, 15) is 0 Å². The molecule has 0 aliphatic rings. The van der Waals surface area contributed by atoms with Crippen LogP contribution in [0.25, 0.3) is 11.0 Å². The van der Waals surface area contributed by atoms with Gasteiger partial charge in [0.25, 0.3) is 0 Å². The van der Waals surface area contributed by atoms with Gasteiger partial charge in [-0.3, -0.25) is 4.98 Å². The molecule has 0 radical (unpaired) electrons. The highest BCUT2D eigenvalue weighted by Gasteiger charge is 2.03. The molecule has 3 heterocycles. The molecule has 1 N–H and O–H groups in total. The van der Waals surface area contributed by atoms with E-state index in [-0.39, 0.29) is 0 Å². The first-order valence-electron chi connectivity index (χ1n) is 5.23. The predicted octanol–water partition coefficient (Wildman–Crippen LogP) is 2.34. The van der Waals surface area contributed by atoms with Gasteiger partial charge >= 0.3 is 0 Å². The number of furan rings is 1. The predicted molar refractivity (Wildman–Crippen MR) is 60.0 cm³/mol. The quantitative estimate of drug-likeness (QED) is 0.726. The molecule has 80 valence electrons. The molecule has 0 atom stereocenters. The molecule has 4 heteroatoms. The maximum Gasteiger partial charge on any atom is 0.107 e. The van der Waals surface area contributed by atoms with Crippen LogP contribution in [-0.4, -0.2) is 15.0 Å². The first-order chi connectivity index (χ1) is 7.92. The second-order valence-electron chi connectivity index (χ2n) is 3.66. The zero-order valence-electron chi connectivity index (χ0n) is 8.68. The molecule has 0 bridgehead atoms. The third kappa shape index (κ3) is 1.69. The van der Waals surface area contributed by atoms with Crippen LogP contribution in [0.2, 0.25) is 0 Å². The van der Waals surface area contributed by atoms with Crippen LogP contribution in [0.4, 0.5) is 0 Å². The zero-order chi connectivity index (χ0) is 10.8. The molecule has 0 aromatic carbocycles. The molecule has 3 rings (SSSR count). The fourth-order valence-corrected chi connectivity index (χ4v) is 1.72. The minimum absolute atomic E-state index is 0.849. The molecule has 0 amide bonds. The van der Waals surface area contributed by atoms with E-state index in [2.05, 4.69) is 15.0 Å². The molecule has 0 spiro atoms. The van der Waals surface area contributed by atoms with Crippen molar-refractivity contribution in [3.8, 4) is 0 Å². The average molecular weight is 213 g/mol. The second-order valence-corrected chi connectivity index (χ2v) is 3.66. The van der Waals surface area contributed by atoms with E-state index < -0.39 is 0 Å². The number of H-pyrrole nitrogens is 1. The number of hydrogen-bond acceptors (Lipinski definition) is 3. The number of imidazole rings is 1. The smallest absolute Gasteiger partial charge is 0.107 e. The summed E-state index contributed by atoms with van der Waals surface area (Å²) >= 11 is 0. The summed E-state index contributed by atoms with van der Waals surface area (Å²) < 4.78 is 5.28. The number of rotatable bonds is 3. The fraction of sp³-hybridized carbons (Fsp3) is 0.167. The van der Waals surface area contributed by atoms with Gasteiger partial charge < -0.3 is 9.40 Å². The van der Waals surface area contributed by atoms with Gasteiger partial charge in [-0.2, -0.15) is 0 Å². The largest absolute Gasteiger partial charge is 0.469 e. The summed E-state index contributed by atoms with van der Waals surface area (Å²) in [5.41, 5.74) is 1.95. The van der Waals surface area contributed by atoms with E-state index in [1.165, 1.54) is 0 Å². The number of fused-ring (bicyclic) bond motifs is 1. The highest BCUT2D eigenvalue weighted by atomic mass is 16.3. The van der Waals surface area contributed by atoms with Crippen molar-refractivity contribution in [2.75, 3.05) is 0 Å². The number of nitrogens with one attached hydrogen (secondary N) is 1. The van der Waals surface area contributed by atoms with Crippen molar-refractivity contribution < 1.29 is 4.42 Å². The number of aryl methyl sites for hydroxylation is 2. The molecule has 0 aliphatic carbocycles. The summed E-state index contributed by atoms with van der Waals surface area (Å²) in [6.45, 7) is 0. The van der Waals surface area contributed by atoms with Gasteiger partial charge in [0.05, 0.1) is 23.5 Å². The van der Waals surface area contributed by atoms with Crippen molar-refractivity contribution in [3.63, 3.8) is 0 Å². The Morgan fingerprint density at radius 1 is 1.25 bits per heavy atom. The minimum atomic E-state index is 0.849. The zero-order valence-corrected chi connectivity index (χ0v) is 8.68. The van der Waals surface area contributed by atoms with Gasteiger partial charge in [0, 0.05) is 19.0 Å². The van der Waals surface area contributed by atoms with Crippen LogP contribution >= 0.6 is 0 Å². The maximum absolute atomic E-state index is 5.28. The fourth-order valence-electron chi connectivity index (χ4n) is 1.72. The van der Waals surface area contributed by atoms with Crippen LogP contribution in [-0.2, 0) is 12.8 Å². The molecule has 0 aliphatic heterocycles. The van der Waals surface area contributed by atoms with Gasteiger partial charge in [-0.25, -0.2) is 4.98 Å². The monoisotopic (exact) mass is 213 g/mol. The van der Waals surface area contributed by atoms with Crippen LogP contribution in [0.3, 0.4) is 0 Å². The Morgan fingerprint density at radius 2 is 2.25 bits per heavy atom. The first-order valence-corrected chi connectivity index (χ1v) is 5.23. The second kappa shape index (κ2) is 3.81. The summed E-state index contributed by atoms with van der Waals surface area (Å²) in [4.78, 5) is 11.8. The minimum Gasteiger partial charge on any atom is -0.469 e. The Kier molecular flexibility index (Phi) is 2.18. The number of nitrogens with zero attached hydrogens (tertiary/aromatic N) is 2. The molecule has 0 saturated heterocycles. The Balaban J connectivity index is 1.79. The summed E-state index contributed by atoms with van der Waals surface area (Å²) in [6, 6.07) is 5.78. The van der Waals surface area contributed by atoms with E-state index in [0.717, 1.165) is 35.5 Å². The summed E-state index contributed by atoms with van der Waals surface area (Å²) in [7, 11) is 0. The van der Waals surface area contributed by atoms with Crippen molar-refractivity contribution in [2.24, 2.45) is 0 Å². The highest BCUT2D eigenvalue weighted by molar-refractivity contribution is 5.73.